The van der Waals surface area contributed by atoms with Crippen molar-refractivity contribution < 1.29 is 9.53 Å². The molecule has 2 rings (SSSR count). The topological polar surface area (TPSA) is 50.4 Å². The molecule has 4 atom stereocenters. The van der Waals surface area contributed by atoms with Gasteiger partial charge in [-0.3, -0.25) is 4.79 Å². The summed E-state index contributed by atoms with van der Waals surface area (Å²) in [5.41, 5.74) is 0. The minimum atomic E-state index is 0.0501. The second-order valence-electron chi connectivity index (χ2n) is 5.06. The molecule has 1 amide bonds. The van der Waals surface area contributed by atoms with Gasteiger partial charge in [0.05, 0.1) is 12.0 Å². The van der Waals surface area contributed by atoms with Crippen LogP contribution in [0.25, 0.3) is 0 Å². The average Bonchev–Trinajstić information content (AvgIpc) is 2.68. The Morgan fingerprint density at radius 2 is 2.19 bits per heavy atom. The van der Waals surface area contributed by atoms with Gasteiger partial charge in [-0.25, -0.2) is 0 Å². The third-order valence-corrected chi connectivity index (χ3v) is 3.87. The molecule has 92 valence electrons. The molecule has 0 aromatic rings. The molecule has 2 fully saturated rings. The predicted octanol–water partition coefficient (Wildman–Crippen LogP) is 0.526. The number of carbonyl (C=O) groups excluding carboxylic acids is 1. The number of piperidine rings is 1. The maximum atomic E-state index is 12.1. The van der Waals surface area contributed by atoms with Gasteiger partial charge in [-0.05, 0) is 32.2 Å². The van der Waals surface area contributed by atoms with Gasteiger partial charge >= 0.3 is 0 Å². The van der Waals surface area contributed by atoms with Crippen LogP contribution >= 0.6 is 0 Å². The Hall–Kier alpha value is -0.610. The summed E-state index contributed by atoms with van der Waals surface area (Å²) in [6.07, 6.45) is 2.08. The van der Waals surface area contributed by atoms with Crippen molar-refractivity contribution in [1.82, 2.24) is 10.6 Å². The van der Waals surface area contributed by atoms with Crippen molar-refractivity contribution in [2.45, 2.75) is 38.8 Å². The highest BCUT2D eigenvalue weighted by atomic mass is 16.5. The summed E-state index contributed by atoms with van der Waals surface area (Å²) in [5, 5.41) is 6.49. The number of hydrogen-bond donors (Lipinski definition) is 2. The molecule has 2 N–H and O–H groups in total. The standard InChI is InChI=1S/C12H22N2O2/c1-8-3-5-13-7-11(8)14-12(15)10-4-6-16-9(10)2/h8-11,13H,3-7H2,1-2H3,(H,14,15). The maximum Gasteiger partial charge on any atom is 0.226 e. The molecule has 4 nitrogen and oxygen atoms in total. The van der Waals surface area contributed by atoms with Crippen molar-refractivity contribution in [1.29, 1.82) is 0 Å². The third kappa shape index (κ3) is 2.55. The zero-order valence-electron chi connectivity index (χ0n) is 10.2. The van der Waals surface area contributed by atoms with E-state index in [4.69, 9.17) is 4.74 Å². The first-order valence-electron chi connectivity index (χ1n) is 6.31. The summed E-state index contributed by atoms with van der Waals surface area (Å²) >= 11 is 0. The van der Waals surface area contributed by atoms with Crippen LogP contribution < -0.4 is 10.6 Å². The molecule has 0 bridgehead atoms. The SMILES string of the molecule is CC1CCNCC1NC(=O)C1CCOC1C. The first-order chi connectivity index (χ1) is 7.68. The lowest BCUT2D eigenvalue weighted by atomic mass is 9.93. The molecule has 2 saturated heterocycles. The third-order valence-electron chi connectivity index (χ3n) is 3.87. The summed E-state index contributed by atoms with van der Waals surface area (Å²) in [6.45, 7) is 6.88. The van der Waals surface area contributed by atoms with E-state index in [1.165, 1.54) is 0 Å². The van der Waals surface area contributed by atoms with Crippen molar-refractivity contribution >= 4 is 5.91 Å². The highest BCUT2D eigenvalue weighted by Crippen LogP contribution is 2.21. The zero-order valence-corrected chi connectivity index (χ0v) is 10.2. The maximum absolute atomic E-state index is 12.1. The van der Waals surface area contributed by atoms with Crippen LogP contribution in [-0.2, 0) is 9.53 Å². The highest BCUT2D eigenvalue weighted by Gasteiger charge is 2.33. The van der Waals surface area contributed by atoms with E-state index in [1.807, 2.05) is 6.92 Å². The van der Waals surface area contributed by atoms with Crippen molar-refractivity contribution in [3.05, 3.63) is 0 Å². The van der Waals surface area contributed by atoms with E-state index in [9.17, 15) is 4.79 Å². The minimum Gasteiger partial charge on any atom is -0.378 e. The van der Waals surface area contributed by atoms with Gasteiger partial charge < -0.3 is 15.4 Å². The molecule has 0 saturated carbocycles. The molecular formula is C12H22N2O2. The Morgan fingerprint density at radius 3 is 2.81 bits per heavy atom. The van der Waals surface area contributed by atoms with Crippen LogP contribution in [0.2, 0.25) is 0 Å². The Balaban J connectivity index is 1.86. The van der Waals surface area contributed by atoms with Gasteiger partial charge in [-0.1, -0.05) is 6.92 Å². The van der Waals surface area contributed by atoms with Gasteiger partial charge in [0.2, 0.25) is 5.91 Å². The first kappa shape index (κ1) is 11.9. The van der Waals surface area contributed by atoms with Crippen LogP contribution in [0, 0.1) is 11.8 Å². The molecule has 2 aliphatic rings. The summed E-state index contributed by atoms with van der Waals surface area (Å²) in [6, 6.07) is 0.286. The molecule has 4 unspecified atom stereocenters. The van der Waals surface area contributed by atoms with Gasteiger partial charge in [-0.2, -0.15) is 0 Å². The van der Waals surface area contributed by atoms with Gasteiger partial charge in [0, 0.05) is 19.2 Å². The lowest BCUT2D eigenvalue weighted by molar-refractivity contribution is -0.127. The summed E-state index contributed by atoms with van der Waals surface area (Å²) in [5.74, 6) is 0.794. The number of hydrogen-bond acceptors (Lipinski definition) is 3. The number of nitrogens with one attached hydrogen (secondary N) is 2. The van der Waals surface area contributed by atoms with Crippen LogP contribution in [0.5, 0.6) is 0 Å². The summed E-state index contributed by atoms with van der Waals surface area (Å²) in [4.78, 5) is 12.1. The molecule has 0 aromatic carbocycles. The van der Waals surface area contributed by atoms with Crippen molar-refractivity contribution in [2.24, 2.45) is 11.8 Å². The van der Waals surface area contributed by atoms with Crippen LogP contribution in [0.15, 0.2) is 0 Å². The Morgan fingerprint density at radius 1 is 1.38 bits per heavy atom. The lowest BCUT2D eigenvalue weighted by Gasteiger charge is -2.31. The fourth-order valence-corrected chi connectivity index (χ4v) is 2.55. The largest absolute Gasteiger partial charge is 0.378 e. The summed E-state index contributed by atoms with van der Waals surface area (Å²) in [7, 11) is 0. The van der Waals surface area contributed by atoms with E-state index in [-0.39, 0.29) is 24.0 Å². The van der Waals surface area contributed by atoms with Gasteiger partial charge in [0.1, 0.15) is 0 Å². The van der Waals surface area contributed by atoms with E-state index >= 15 is 0 Å². The second kappa shape index (κ2) is 5.15. The van der Waals surface area contributed by atoms with E-state index in [0.29, 0.717) is 5.92 Å². The van der Waals surface area contributed by atoms with Crippen LogP contribution in [-0.4, -0.2) is 37.7 Å². The first-order valence-corrected chi connectivity index (χ1v) is 6.31. The molecule has 0 spiro atoms. The molecule has 0 aromatic heterocycles. The molecule has 0 radical (unpaired) electrons. The molecule has 16 heavy (non-hydrogen) atoms. The zero-order chi connectivity index (χ0) is 11.5. The lowest BCUT2D eigenvalue weighted by Crippen LogP contribution is -2.52. The van der Waals surface area contributed by atoms with Gasteiger partial charge in [0.25, 0.3) is 0 Å². The molecule has 2 heterocycles. The van der Waals surface area contributed by atoms with E-state index in [1.54, 1.807) is 0 Å². The number of carbonyl (C=O) groups is 1. The number of rotatable bonds is 2. The van der Waals surface area contributed by atoms with Crippen molar-refractivity contribution in [3.8, 4) is 0 Å². The van der Waals surface area contributed by atoms with Gasteiger partial charge in [-0.15, -0.1) is 0 Å². The Kier molecular flexibility index (Phi) is 3.82. The van der Waals surface area contributed by atoms with Crippen molar-refractivity contribution in [2.75, 3.05) is 19.7 Å². The minimum absolute atomic E-state index is 0.0501. The van der Waals surface area contributed by atoms with E-state index in [0.717, 1.165) is 32.5 Å². The summed E-state index contributed by atoms with van der Waals surface area (Å²) < 4.78 is 5.43. The number of ether oxygens (including phenoxy) is 1. The fourth-order valence-electron chi connectivity index (χ4n) is 2.55. The monoisotopic (exact) mass is 226 g/mol. The highest BCUT2D eigenvalue weighted by molar-refractivity contribution is 5.79. The quantitative estimate of drug-likeness (QED) is 0.722. The normalized spacial score (nSPS) is 39.6. The molecule has 0 aliphatic carbocycles. The fraction of sp³-hybridized carbons (Fsp3) is 0.917. The molecule has 2 aliphatic heterocycles. The van der Waals surface area contributed by atoms with Gasteiger partial charge in [0.15, 0.2) is 0 Å². The Bertz CT molecular complexity index is 257. The van der Waals surface area contributed by atoms with Crippen LogP contribution in [0.1, 0.15) is 26.7 Å². The van der Waals surface area contributed by atoms with Crippen molar-refractivity contribution in [3.63, 3.8) is 0 Å². The second-order valence-corrected chi connectivity index (χ2v) is 5.06. The predicted molar refractivity (Wildman–Crippen MR) is 62.1 cm³/mol. The van der Waals surface area contributed by atoms with Crippen LogP contribution in [0.4, 0.5) is 0 Å². The average molecular weight is 226 g/mol. The number of amides is 1. The van der Waals surface area contributed by atoms with E-state index < -0.39 is 0 Å². The van der Waals surface area contributed by atoms with Crippen LogP contribution in [0.3, 0.4) is 0 Å². The Labute approximate surface area is 97.1 Å². The molecular weight excluding hydrogens is 204 g/mol. The molecule has 4 heteroatoms. The van der Waals surface area contributed by atoms with E-state index in [2.05, 4.69) is 17.6 Å². The smallest absolute Gasteiger partial charge is 0.226 e.